The van der Waals surface area contributed by atoms with Crippen LogP contribution in [0.5, 0.6) is 11.5 Å². The quantitative estimate of drug-likeness (QED) is 0.102. The van der Waals surface area contributed by atoms with Crippen molar-refractivity contribution in [2.45, 2.75) is 81.1 Å². The van der Waals surface area contributed by atoms with E-state index in [0.29, 0.717) is 21.2 Å². The molecule has 2 aromatic rings. The van der Waals surface area contributed by atoms with E-state index in [-0.39, 0.29) is 23.9 Å². The highest BCUT2D eigenvalue weighted by Crippen LogP contribution is 2.33. The molecule has 0 radical (unpaired) electrons. The Morgan fingerprint density at radius 1 is 1.00 bits per heavy atom. The number of aliphatic hydroxyl groups is 5. The monoisotopic (exact) mass is 683 g/mol. The van der Waals surface area contributed by atoms with Crippen LogP contribution in [0.4, 0.5) is 0 Å². The summed E-state index contributed by atoms with van der Waals surface area (Å²) in [6, 6.07) is 7.37. The van der Waals surface area contributed by atoms with E-state index in [0.717, 1.165) is 0 Å². The van der Waals surface area contributed by atoms with Crippen molar-refractivity contribution in [3.8, 4) is 11.5 Å². The summed E-state index contributed by atoms with van der Waals surface area (Å²) < 4.78 is 21.9. The average molecular weight is 685 g/mol. The summed E-state index contributed by atoms with van der Waals surface area (Å²) in [7, 11) is 0. The molecule has 0 spiro atoms. The molecule has 1 amide bonds. The predicted octanol–water partition coefficient (Wildman–Crippen LogP) is 0.263. The number of ether oxygens (including phenoxy) is 4. The zero-order valence-corrected chi connectivity index (χ0v) is 26.1. The first-order valence-corrected chi connectivity index (χ1v) is 15.1. The number of hydrogen-bond donors (Lipinski definition) is 8. The van der Waals surface area contributed by atoms with E-state index in [4.69, 9.17) is 42.1 Å². The molecule has 14 nitrogen and oxygen atoms in total. The number of hydrogen-bond acceptors (Lipinski definition) is 13. The van der Waals surface area contributed by atoms with Crippen molar-refractivity contribution in [2.24, 2.45) is 5.10 Å². The fraction of sp³-hybridized carbons (Fsp3) is 0.467. The Labute approximate surface area is 273 Å². The number of aromatic hydroxyl groups is 1. The number of nitrogens with one attached hydrogen (secondary N) is 2. The summed E-state index contributed by atoms with van der Waals surface area (Å²) in [6.07, 6.45) is -8.14. The van der Waals surface area contributed by atoms with Gasteiger partial charge in [-0.1, -0.05) is 35.3 Å². The largest absolute Gasteiger partial charge is 0.504 e. The maximum atomic E-state index is 12.9. The van der Waals surface area contributed by atoms with Crippen LogP contribution in [0.3, 0.4) is 0 Å². The third kappa shape index (κ3) is 7.26. The van der Waals surface area contributed by atoms with Gasteiger partial charge in [0.1, 0.15) is 55.6 Å². The number of carbonyl (C=O) groups is 1. The molecule has 8 N–H and O–H groups in total. The number of phenolic OH excluding ortho intramolecular Hbond substituents is 1. The van der Waals surface area contributed by atoms with Crippen molar-refractivity contribution >= 4 is 41.4 Å². The summed E-state index contributed by atoms with van der Waals surface area (Å²) in [5, 5.41) is 70.7. The minimum Gasteiger partial charge on any atom is -0.504 e. The van der Waals surface area contributed by atoms with Crippen LogP contribution < -0.4 is 15.5 Å². The second kappa shape index (κ2) is 14.4. The summed E-state index contributed by atoms with van der Waals surface area (Å²) in [5.41, 5.74) is 4.00. The van der Waals surface area contributed by atoms with Crippen molar-refractivity contribution in [3.63, 3.8) is 0 Å². The number of halogens is 2. The van der Waals surface area contributed by atoms with Crippen molar-refractivity contribution in [1.82, 2.24) is 10.7 Å². The van der Waals surface area contributed by atoms with Crippen LogP contribution in [0.2, 0.25) is 10.0 Å². The number of benzene rings is 2. The Morgan fingerprint density at radius 3 is 2.41 bits per heavy atom. The second-order valence-electron chi connectivity index (χ2n) is 11.3. The zero-order valence-electron chi connectivity index (χ0n) is 24.6. The van der Waals surface area contributed by atoms with E-state index in [2.05, 4.69) is 15.8 Å². The molecule has 1 saturated carbocycles. The number of hydrazone groups is 1. The molecule has 16 heteroatoms. The molecule has 2 aromatic carbocycles. The minimum absolute atomic E-state index is 0.0528. The Kier molecular flexibility index (Phi) is 10.7. The molecular weight excluding hydrogens is 649 g/mol. The number of phenols is 1. The average Bonchev–Trinajstić information content (AvgIpc) is 3.62. The summed E-state index contributed by atoms with van der Waals surface area (Å²) in [4.78, 5) is 12.9. The molecule has 0 bridgehead atoms. The zero-order chi connectivity index (χ0) is 33.3. The first-order chi connectivity index (χ1) is 21.8. The Hall–Kier alpha value is -3.02. The molecule has 3 fully saturated rings. The van der Waals surface area contributed by atoms with Crippen LogP contribution in [-0.4, -0.2) is 117 Å². The normalized spacial score (nSPS) is 33.5. The standard InChI is InChI=1S/C30H35Cl2N3O11/c1-12(29(42)34-20-21(37)23(39)28-27(22(20)38)43-11-44-28)7-14-3-6-19(18(36)8-14)45-30-25(41)24(40)26(46-30)13(2)35-33-10-15-4-5-16(31)9-17(15)32/h3-10,13,20-28,30,35-41H,11H2,1-2H3,(H,34,42)/b12-7+,33-10?/t13?,20-,21+,22-,23-,24+,25+,26-,27+,28-,30-/m1/s1. The van der Waals surface area contributed by atoms with E-state index in [1.165, 1.54) is 37.4 Å². The highest BCUT2D eigenvalue weighted by Gasteiger charge is 2.53. The Balaban J connectivity index is 1.18. The number of carbonyl (C=O) groups excluding carboxylic acids is 1. The molecule has 11 atom stereocenters. The third-order valence-corrected chi connectivity index (χ3v) is 8.63. The highest BCUT2D eigenvalue weighted by atomic mass is 35.5. The van der Waals surface area contributed by atoms with Gasteiger partial charge in [-0.2, -0.15) is 5.10 Å². The maximum Gasteiger partial charge on any atom is 0.247 e. The molecule has 2 heterocycles. The molecule has 5 rings (SSSR count). The molecule has 1 unspecified atom stereocenters. The van der Waals surface area contributed by atoms with Gasteiger partial charge in [0, 0.05) is 16.2 Å². The number of fused-ring (bicyclic) bond motifs is 1. The van der Waals surface area contributed by atoms with Crippen LogP contribution in [0, 0.1) is 0 Å². The molecule has 1 aliphatic carbocycles. The predicted molar refractivity (Wildman–Crippen MR) is 164 cm³/mol. The lowest BCUT2D eigenvalue weighted by Crippen LogP contribution is -2.67. The van der Waals surface area contributed by atoms with Gasteiger partial charge < -0.3 is 60.3 Å². The van der Waals surface area contributed by atoms with Gasteiger partial charge in [-0.25, -0.2) is 0 Å². The lowest BCUT2D eigenvalue weighted by molar-refractivity contribution is -0.155. The SMILES string of the molecule is C/C(=C\c1ccc(O[C@@H]2O[C@H](C(C)NN=Cc3ccc(Cl)cc3Cl)[C@@H](O)[C@@H]2O)c(O)c1)C(=O)N[C@@H]1[C@H](O)[C@@H](O)[C@H]2OCO[C@H]2[C@@H]1O. The van der Waals surface area contributed by atoms with Crippen LogP contribution >= 0.6 is 23.2 Å². The van der Waals surface area contributed by atoms with E-state index in [1.54, 1.807) is 25.1 Å². The first kappa shape index (κ1) is 34.3. The number of amides is 1. The van der Waals surface area contributed by atoms with Gasteiger partial charge in [0.2, 0.25) is 12.2 Å². The van der Waals surface area contributed by atoms with Crippen molar-refractivity contribution in [1.29, 1.82) is 0 Å². The molecule has 0 aromatic heterocycles. The molecule has 46 heavy (non-hydrogen) atoms. The smallest absolute Gasteiger partial charge is 0.247 e. The molecule has 2 aliphatic heterocycles. The van der Waals surface area contributed by atoms with Gasteiger partial charge in [0.05, 0.1) is 23.3 Å². The third-order valence-electron chi connectivity index (χ3n) is 8.06. The summed E-state index contributed by atoms with van der Waals surface area (Å²) in [6.45, 7) is 3.02. The van der Waals surface area contributed by atoms with E-state index in [1.807, 2.05) is 0 Å². The van der Waals surface area contributed by atoms with Gasteiger partial charge in [0.25, 0.3) is 0 Å². The van der Waals surface area contributed by atoms with E-state index >= 15 is 0 Å². The molecule has 3 aliphatic rings. The molecule has 2 saturated heterocycles. The maximum absolute atomic E-state index is 12.9. The highest BCUT2D eigenvalue weighted by molar-refractivity contribution is 6.36. The van der Waals surface area contributed by atoms with Gasteiger partial charge in [-0.15, -0.1) is 0 Å². The van der Waals surface area contributed by atoms with Crippen molar-refractivity contribution < 1.29 is 54.4 Å². The molecule has 250 valence electrons. The van der Waals surface area contributed by atoms with Crippen LogP contribution in [0.25, 0.3) is 6.08 Å². The van der Waals surface area contributed by atoms with Gasteiger partial charge in [-0.3, -0.25) is 4.79 Å². The van der Waals surface area contributed by atoms with Crippen LogP contribution in [-0.2, 0) is 19.0 Å². The first-order valence-electron chi connectivity index (χ1n) is 14.4. The summed E-state index contributed by atoms with van der Waals surface area (Å²) in [5.74, 6) is -1.03. The lowest BCUT2D eigenvalue weighted by atomic mass is 9.83. The topological polar surface area (TPSA) is 212 Å². The van der Waals surface area contributed by atoms with Crippen molar-refractivity contribution in [2.75, 3.05) is 6.79 Å². The number of aliphatic hydroxyl groups excluding tert-OH is 5. The van der Waals surface area contributed by atoms with E-state index in [9.17, 15) is 35.4 Å². The Morgan fingerprint density at radius 2 is 1.72 bits per heavy atom. The van der Waals surface area contributed by atoms with Crippen LogP contribution in [0.1, 0.15) is 25.0 Å². The summed E-state index contributed by atoms with van der Waals surface area (Å²) >= 11 is 12.1. The lowest BCUT2D eigenvalue weighted by Gasteiger charge is -2.41. The minimum atomic E-state index is -1.50. The van der Waals surface area contributed by atoms with Crippen LogP contribution in [0.15, 0.2) is 47.1 Å². The number of rotatable bonds is 9. The second-order valence-corrected chi connectivity index (χ2v) is 12.2. The van der Waals surface area contributed by atoms with Gasteiger partial charge >= 0.3 is 0 Å². The van der Waals surface area contributed by atoms with Gasteiger partial charge in [-0.05, 0) is 49.8 Å². The Bertz CT molecular complexity index is 1480. The fourth-order valence-corrected chi connectivity index (χ4v) is 5.93. The van der Waals surface area contributed by atoms with Crippen molar-refractivity contribution in [3.05, 3.63) is 63.1 Å². The van der Waals surface area contributed by atoms with Gasteiger partial charge in [0.15, 0.2) is 11.5 Å². The fourth-order valence-electron chi connectivity index (χ4n) is 5.47. The number of nitrogens with zero attached hydrogens (tertiary/aromatic N) is 1. The molecular formula is C30H35Cl2N3O11. The van der Waals surface area contributed by atoms with E-state index < -0.39 is 73.1 Å².